The summed E-state index contributed by atoms with van der Waals surface area (Å²) < 4.78 is 23.7. The highest BCUT2D eigenvalue weighted by molar-refractivity contribution is 7.91. The van der Waals surface area contributed by atoms with E-state index in [-0.39, 0.29) is 11.8 Å². The molecule has 196 valence electrons. The van der Waals surface area contributed by atoms with Crippen LogP contribution in [0.25, 0.3) is 0 Å². The van der Waals surface area contributed by atoms with Crippen molar-refractivity contribution < 1.29 is 18.0 Å². The van der Waals surface area contributed by atoms with E-state index in [2.05, 4.69) is 36.3 Å². The van der Waals surface area contributed by atoms with Crippen LogP contribution in [0.15, 0.2) is 30.5 Å². The van der Waals surface area contributed by atoms with Crippen molar-refractivity contribution in [3.63, 3.8) is 0 Å². The van der Waals surface area contributed by atoms with E-state index in [1.165, 1.54) is 24.8 Å². The lowest BCUT2D eigenvalue weighted by Gasteiger charge is -2.37. The minimum atomic E-state index is -2.84. The van der Waals surface area contributed by atoms with Crippen LogP contribution < -0.4 is 10.6 Å². The Kier molecular flexibility index (Phi) is 7.27. The Morgan fingerprint density at radius 3 is 2.61 bits per heavy atom. The van der Waals surface area contributed by atoms with Gasteiger partial charge in [0.2, 0.25) is 5.91 Å². The Morgan fingerprint density at radius 2 is 1.86 bits per heavy atom. The summed E-state index contributed by atoms with van der Waals surface area (Å²) in [6.07, 6.45) is 8.60. The molecule has 8 heteroatoms. The van der Waals surface area contributed by atoms with Gasteiger partial charge in [-0.2, -0.15) is 0 Å². The van der Waals surface area contributed by atoms with E-state index in [0.717, 1.165) is 42.5 Å². The van der Waals surface area contributed by atoms with Crippen LogP contribution in [0.2, 0.25) is 0 Å². The molecular weight excluding hydrogens is 474 g/mol. The molecule has 4 atom stereocenters. The average Bonchev–Trinajstić information content (AvgIpc) is 3.15. The maximum absolute atomic E-state index is 13.1. The number of hydrogen-bond acceptors (Lipinski definition) is 5. The zero-order valence-corrected chi connectivity index (χ0v) is 22.1. The van der Waals surface area contributed by atoms with Gasteiger partial charge in [-0.15, -0.1) is 0 Å². The van der Waals surface area contributed by atoms with E-state index in [9.17, 15) is 18.0 Å². The van der Waals surface area contributed by atoms with Gasteiger partial charge < -0.3 is 15.5 Å². The van der Waals surface area contributed by atoms with Crippen molar-refractivity contribution in [1.29, 1.82) is 0 Å². The fourth-order valence-electron chi connectivity index (χ4n) is 6.69. The number of sulfone groups is 1. The monoisotopic (exact) mass is 513 g/mol. The van der Waals surface area contributed by atoms with Crippen molar-refractivity contribution in [3.8, 4) is 0 Å². The van der Waals surface area contributed by atoms with Crippen molar-refractivity contribution in [2.24, 2.45) is 11.8 Å². The molecular formula is C28H39N3O4S. The number of amides is 2. The zero-order chi connectivity index (χ0) is 25.4. The van der Waals surface area contributed by atoms with E-state index in [4.69, 9.17) is 0 Å². The topological polar surface area (TPSA) is 95.6 Å². The number of carbonyl (C=O) groups excluding carboxylic acids is 2. The molecule has 3 aliphatic heterocycles. The van der Waals surface area contributed by atoms with Gasteiger partial charge in [0.15, 0.2) is 0 Å². The Balaban J connectivity index is 1.23. The minimum absolute atomic E-state index is 0.0512. The van der Waals surface area contributed by atoms with E-state index in [0.29, 0.717) is 54.8 Å². The smallest absolute Gasteiger partial charge is 0.255 e. The second-order valence-electron chi connectivity index (χ2n) is 11.4. The number of piperidine rings is 1. The first-order valence-electron chi connectivity index (χ1n) is 13.6. The first-order valence-corrected chi connectivity index (χ1v) is 15.4. The van der Waals surface area contributed by atoms with Crippen molar-refractivity contribution >= 4 is 21.7 Å². The first kappa shape index (κ1) is 25.5. The molecule has 3 heterocycles. The van der Waals surface area contributed by atoms with E-state index >= 15 is 0 Å². The minimum Gasteiger partial charge on any atom is -0.329 e. The van der Waals surface area contributed by atoms with Crippen LogP contribution in [-0.4, -0.2) is 54.8 Å². The molecule has 3 fully saturated rings. The fraction of sp³-hybridized carbons (Fsp3) is 0.643. The Morgan fingerprint density at radius 1 is 1.11 bits per heavy atom. The molecule has 4 aliphatic rings. The van der Waals surface area contributed by atoms with Gasteiger partial charge in [0, 0.05) is 29.9 Å². The summed E-state index contributed by atoms with van der Waals surface area (Å²) in [5.41, 5.74) is 3.71. The van der Waals surface area contributed by atoms with Crippen LogP contribution in [0.3, 0.4) is 0 Å². The molecule has 0 bridgehead atoms. The number of benzene rings is 1. The number of carbonyl (C=O) groups is 2. The Bertz CT molecular complexity index is 1130. The second-order valence-corrected chi connectivity index (χ2v) is 13.7. The number of hydrogen-bond donors (Lipinski definition) is 2. The van der Waals surface area contributed by atoms with Crippen LogP contribution in [0.1, 0.15) is 79.8 Å². The molecule has 36 heavy (non-hydrogen) atoms. The fourth-order valence-corrected chi connectivity index (χ4v) is 8.22. The van der Waals surface area contributed by atoms with Crippen molar-refractivity contribution in [2.45, 2.75) is 89.4 Å². The van der Waals surface area contributed by atoms with Crippen LogP contribution in [0, 0.1) is 11.8 Å². The third-order valence-electron chi connectivity index (χ3n) is 8.89. The quantitative estimate of drug-likeness (QED) is 0.608. The molecule has 5 rings (SSSR count). The van der Waals surface area contributed by atoms with E-state index in [1.54, 1.807) is 4.90 Å². The third-order valence-corrected chi connectivity index (χ3v) is 10.6. The van der Waals surface area contributed by atoms with Crippen molar-refractivity contribution in [2.75, 3.05) is 11.5 Å². The molecule has 1 aromatic carbocycles. The average molecular weight is 514 g/mol. The second kappa shape index (κ2) is 10.3. The van der Waals surface area contributed by atoms with Crippen LogP contribution >= 0.6 is 0 Å². The largest absolute Gasteiger partial charge is 0.329 e. The van der Waals surface area contributed by atoms with Crippen LogP contribution in [-0.2, 0) is 27.6 Å². The molecule has 0 spiro atoms. The van der Waals surface area contributed by atoms with Crippen molar-refractivity contribution in [1.82, 2.24) is 15.5 Å². The van der Waals surface area contributed by atoms with Gasteiger partial charge in [-0.1, -0.05) is 31.6 Å². The first-order chi connectivity index (χ1) is 17.2. The molecule has 0 radical (unpaired) electrons. The lowest BCUT2D eigenvalue weighted by molar-refractivity contribution is -0.126. The SMILES string of the molecule is C=C1CC[C@H](N2Cc3cc(C[C@H]4CCCC[C@@H]4N[C@H](C)C4CCS(=O)(=O)CC4)ccc3C2=O)C(=O)N1. The number of allylic oxidation sites excluding steroid dienone is 1. The summed E-state index contributed by atoms with van der Waals surface area (Å²) in [6, 6.07) is 6.52. The number of rotatable bonds is 6. The molecule has 2 amide bonds. The summed E-state index contributed by atoms with van der Waals surface area (Å²) in [5, 5.41) is 6.70. The zero-order valence-electron chi connectivity index (χ0n) is 21.3. The molecule has 2 saturated heterocycles. The van der Waals surface area contributed by atoms with Crippen LogP contribution in [0.5, 0.6) is 0 Å². The van der Waals surface area contributed by atoms with Gasteiger partial charge in [-0.05, 0) is 80.9 Å². The summed E-state index contributed by atoms with van der Waals surface area (Å²) in [5.74, 6) is 1.40. The number of nitrogens with zero attached hydrogens (tertiary/aromatic N) is 1. The summed E-state index contributed by atoms with van der Waals surface area (Å²) in [7, 11) is -2.84. The molecule has 7 nitrogen and oxygen atoms in total. The summed E-state index contributed by atoms with van der Waals surface area (Å²) in [4.78, 5) is 27.3. The molecule has 0 unspecified atom stereocenters. The molecule has 1 saturated carbocycles. The van der Waals surface area contributed by atoms with Gasteiger partial charge in [0.05, 0.1) is 11.5 Å². The predicted molar refractivity (Wildman–Crippen MR) is 140 cm³/mol. The highest BCUT2D eigenvalue weighted by atomic mass is 32.2. The summed E-state index contributed by atoms with van der Waals surface area (Å²) in [6.45, 7) is 6.55. The van der Waals surface area contributed by atoms with E-state index in [1.807, 2.05) is 6.07 Å². The normalized spacial score (nSPS) is 29.6. The lowest BCUT2D eigenvalue weighted by Crippen LogP contribution is -2.49. The standard InChI is InChI=1S/C28H39N3O4S/c1-18-7-10-26(27(32)29-18)31-17-23-16-20(8-9-24(23)28(31)33)15-22-5-3-4-6-25(22)30-19(2)21-11-13-36(34,35)14-12-21/h8-9,16,19,21-22,25-26,30H,1,3-7,10-15,17H2,2H3,(H,29,32)/t19-,22-,25+,26+/m1/s1. The Hall–Kier alpha value is -2.19. The molecule has 2 N–H and O–H groups in total. The van der Waals surface area contributed by atoms with Gasteiger partial charge in [-0.25, -0.2) is 8.42 Å². The van der Waals surface area contributed by atoms with Gasteiger partial charge >= 0.3 is 0 Å². The van der Waals surface area contributed by atoms with Gasteiger partial charge in [0.1, 0.15) is 15.9 Å². The number of fused-ring (bicyclic) bond motifs is 1. The molecule has 1 aromatic rings. The highest BCUT2D eigenvalue weighted by Crippen LogP contribution is 2.33. The van der Waals surface area contributed by atoms with Gasteiger partial charge in [-0.3, -0.25) is 9.59 Å². The highest BCUT2D eigenvalue weighted by Gasteiger charge is 2.38. The number of nitrogens with one attached hydrogen (secondary N) is 2. The lowest BCUT2D eigenvalue weighted by atomic mass is 9.79. The Labute approximate surface area is 215 Å². The third kappa shape index (κ3) is 5.40. The van der Waals surface area contributed by atoms with Crippen molar-refractivity contribution in [3.05, 3.63) is 47.2 Å². The van der Waals surface area contributed by atoms with Gasteiger partial charge in [0.25, 0.3) is 5.91 Å². The predicted octanol–water partition coefficient (Wildman–Crippen LogP) is 3.34. The van der Waals surface area contributed by atoms with Crippen LogP contribution in [0.4, 0.5) is 0 Å². The maximum atomic E-state index is 13.1. The van der Waals surface area contributed by atoms with E-state index < -0.39 is 15.9 Å². The summed E-state index contributed by atoms with van der Waals surface area (Å²) >= 11 is 0. The molecule has 1 aliphatic carbocycles. The maximum Gasteiger partial charge on any atom is 0.255 e. The molecule has 0 aromatic heterocycles.